The summed E-state index contributed by atoms with van der Waals surface area (Å²) in [6.07, 6.45) is 13.3. The summed E-state index contributed by atoms with van der Waals surface area (Å²) in [7, 11) is 1.38. The van der Waals surface area contributed by atoms with Gasteiger partial charge in [-0.15, -0.1) is 0 Å². The van der Waals surface area contributed by atoms with Crippen LogP contribution in [0.3, 0.4) is 0 Å². The first-order valence-electron chi connectivity index (χ1n) is 8.58. The molecule has 0 saturated heterocycles. The van der Waals surface area contributed by atoms with Gasteiger partial charge in [-0.1, -0.05) is 38.3 Å². The number of ketones is 2. The van der Waals surface area contributed by atoms with Crippen LogP contribution in [0.15, 0.2) is 24.3 Å². The molecule has 4 heteroatoms. The van der Waals surface area contributed by atoms with Gasteiger partial charge in [-0.05, 0) is 31.4 Å². The third-order valence-electron chi connectivity index (χ3n) is 4.22. The third kappa shape index (κ3) is 7.40. The first-order chi connectivity index (χ1) is 11.1. The topological polar surface area (TPSA) is 60.4 Å². The number of allylic oxidation sites excluding steroid dienone is 4. The van der Waals surface area contributed by atoms with E-state index >= 15 is 0 Å². The van der Waals surface area contributed by atoms with Crippen LogP contribution in [-0.2, 0) is 19.1 Å². The van der Waals surface area contributed by atoms with Gasteiger partial charge in [-0.2, -0.15) is 0 Å². The maximum Gasteiger partial charge on any atom is 0.305 e. The predicted octanol–water partition coefficient (Wildman–Crippen LogP) is 3.80. The van der Waals surface area contributed by atoms with Crippen LogP contribution < -0.4 is 0 Å². The minimum Gasteiger partial charge on any atom is -0.469 e. The van der Waals surface area contributed by atoms with Crippen molar-refractivity contribution in [1.82, 2.24) is 0 Å². The number of rotatable bonds is 11. The molecular weight excluding hydrogens is 292 g/mol. The number of carbonyl (C=O) groups excluding carboxylic acids is 3. The molecule has 0 unspecified atom stereocenters. The van der Waals surface area contributed by atoms with Crippen molar-refractivity contribution in [2.75, 3.05) is 7.11 Å². The highest BCUT2D eigenvalue weighted by molar-refractivity contribution is 5.95. The van der Waals surface area contributed by atoms with Crippen molar-refractivity contribution in [1.29, 1.82) is 0 Å². The molecule has 0 heterocycles. The average molecular weight is 320 g/mol. The Kier molecular flexibility index (Phi) is 9.18. The standard InChI is InChI=1S/C19H28O4/c1-3-4-5-8-16(20)13-11-15-12-14-18(21)17(15)9-6-7-10-19(22)23-2/h11-15,17H,3-10H2,1-2H3/t15-,17-/m0/s1. The second kappa shape index (κ2) is 10.9. The molecular formula is C19H28O4. The summed E-state index contributed by atoms with van der Waals surface area (Å²) in [5.74, 6) is -0.0372. The Morgan fingerprint density at radius 2 is 1.91 bits per heavy atom. The molecule has 0 aromatic carbocycles. The highest BCUT2D eigenvalue weighted by Gasteiger charge is 2.27. The number of methoxy groups -OCH3 is 1. The maximum absolute atomic E-state index is 11.9. The van der Waals surface area contributed by atoms with Crippen LogP contribution in [0.4, 0.5) is 0 Å². The Morgan fingerprint density at radius 3 is 2.61 bits per heavy atom. The molecule has 0 aromatic heterocycles. The summed E-state index contributed by atoms with van der Waals surface area (Å²) in [5.41, 5.74) is 0. The molecule has 0 N–H and O–H groups in total. The molecule has 2 atom stereocenters. The maximum atomic E-state index is 11.9. The molecule has 4 nitrogen and oxygen atoms in total. The van der Waals surface area contributed by atoms with E-state index in [1.807, 2.05) is 12.2 Å². The van der Waals surface area contributed by atoms with Gasteiger partial charge in [0.05, 0.1) is 7.11 Å². The molecule has 0 radical (unpaired) electrons. The average Bonchev–Trinajstić information content (AvgIpc) is 2.89. The Balaban J connectivity index is 2.38. The van der Waals surface area contributed by atoms with Gasteiger partial charge < -0.3 is 4.74 Å². The van der Waals surface area contributed by atoms with Gasteiger partial charge in [-0.25, -0.2) is 0 Å². The number of esters is 1. The normalized spacial score (nSPS) is 20.3. The first kappa shape index (κ1) is 19.3. The molecule has 1 rings (SSSR count). The van der Waals surface area contributed by atoms with E-state index in [-0.39, 0.29) is 29.4 Å². The minimum absolute atomic E-state index is 0.00996. The molecule has 1 aliphatic rings. The van der Waals surface area contributed by atoms with Crippen molar-refractivity contribution >= 4 is 17.5 Å². The number of hydrogen-bond acceptors (Lipinski definition) is 4. The summed E-state index contributed by atoms with van der Waals surface area (Å²) < 4.78 is 4.60. The Hall–Kier alpha value is -1.71. The molecule has 0 amide bonds. The lowest BCUT2D eigenvalue weighted by atomic mass is 9.89. The van der Waals surface area contributed by atoms with Gasteiger partial charge in [0.2, 0.25) is 0 Å². The Bertz CT molecular complexity index is 462. The lowest BCUT2D eigenvalue weighted by Gasteiger charge is -2.14. The van der Waals surface area contributed by atoms with Crippen molar-refractivity contribution in [3.05, 3.63) is 24.3 Å². The predicted molar refractivity (Wildman–Crippen MR) is 89.9 cm³/mol. The summed E-state index contributed by atoms with van der Waals surface area (Å²) in [6.45, 7) is 2.11. The molecule has 0 fully saturated rings. The first-order valence-corrected chi connectivity index (χ1v) is 8.58. The zero-order valence-electron chi connectivity index (χ0n) is 14.3. The fourth-order valence-corrected chi connectivity index (χ4v) is 2.77. The van der Waals surface area contributed by atoms with Crippen molar-refractivity contribution in [3.8, 4) is 0 Å². The lowest BCUT2D eigenvalue weighted by molar-refractivity contribution is -0.140. The highest BCUT2D eigenvalue weighted by Crippen LogP contribution is 2.28. The third-order valence-corrected chi connectivity index (χ3v) is 4.22. The molecule has 0 aromatic rings. The van der Waals surface area contributed by atoms with E-state index in [0.717, 1.165) is 38.5 Å². The van der Waals surface area contributed by atoms with Gasteiger partial charge in [0.15, 0.2) is 11.6 Å². The molecule has 23 heavy (non-hydrogen) atoms. The molecule has 0 spiro atoms. The summed E-state index contributed by atoms with van der Waals surface area (Å²) in [6, 6.07) is 0. The largest absolute Gasteiger partial charge is 0.469 e. The quantitative estimate of drug-likeness (QED) is 0.330. The van der Waals surface area contributed by atoms with Gasteiger partial charge in [0.1, 0.15) is 0 Å². The van der Waals surface area contributed by atoms with E-state index in [9.17, 15) is 14.4 Å². The van der Waals surface area contributed by atoms with Crippen LogP contribution in [0, 0.1) is 11.8 Å². The van der Waals surface area contributed by atoms with E-state index in [1.54, 1.807) is 12.2 Å². The summed E-state index contributed by atoms with van der Waals surface area (Å²) in [5, 5.41) is 0. The molecule has 128 valence electrons. The van der Waals surface area contributed by atoms with Crippen LogP contribution in [0.25, 0.3) is 0 Å². The van der Waals surface area contributed by atoms with E-state index in [4.69, 9.17) is 0 Å². The summed E-state index contributed by atoms with van der Waals surface area (Å²) in [4.78, 5) is 34.8. The summed E-state index contributed by atoms with van der Waals surface area (Å²) >= 11 is 0. The smallest absolute Gasteiger partial charge is 0.305 e. The van der Waals surface area contributed by atoms with Crippen molar-refractivity contribution in [3.63, 3.8) is 0 Å². The van der Waals surface area contributed by atoms with E-state index in [0.29, 0.717) is 12.8 Å². The van der Waals surface area contributed by atoms with Crippen LogP contribution in [0.1, 0.15) is 58.3 Å². The van der Waals surface area contributed by atoms with Crippen molar-refractivity contribution in [2.24, 2.45) is 11.8 Å². The fourth-order valence-electron chi connectivity index (χ4n) is 2.77. The Labute approximate surface area is 139 Å². The van der Waals surface area contributed by atoms with Gasteiger partial charge >= 0.3 is 5.97 Å². The zero-order chi connectivity index (χ0) is 17.1. The van der Waals surface area contributed by atoms with Gasteiger partial charge in [0, 0.05) is 24.7 Å². The van der Waals surface area contributed by atoms with Gasteiger partial charge in [-0.3, -0.25) is 14.4 Å². The Morgan fingerprint density at radius 1 is 1.17 bits per heavy atom. The SMILES string of the molecule is CCCCCC(=O)C=C[C@H]1C=CC(=O)[C@H]1CCCCC(=O)OC. The monoisotopic (exact) mass is 320 g/mol. The second-order valence-corrected chi connectivity index (χ2v) is 6.05. The van der Waals surface area contributed by atoms with Gasteiger partial charge in [0.25, 0.3) is 0 Å². The molecule has 1 aliphatic carbocycles. The van der Waals surface area contributed by atoms with Crippen LogP contribution >= 0.6 is 0 Å². The molecule has 0 aliphatic heterocycles. The number of carbonyl (C=O) groups is 3. The van der Waals surface area contributed by atoms with Crippen LogP contribution in [0.2, 0.25) is 0 Å². The van der Waals surface area contributed by atoms with E-state index < -0.39 is 0 Å². The fraction of sp³-hybridized carbons (Fsp3) is 0.632. The van der Waals surface area contributed by atoms with E-state index in [1.165, 1.54) is 7.11 Å². The second-order valence-electron chi connectivity index (χ2n) is 6.05. The minimum atomic E-state index is -0.213. The van der Waals surface area contributed by atoms with Crippen LogP contribution in [-0.4, -0.2) is 24.6 Å². The number of ether oxygens (including phenoxy) is 1. The van der Waals surface area contributed by atoms with Crippen molar-refractivity contribution in [2.45, 2.75) is 58.3 Å². The number of hydrogen-bond donors (Lipinski definition) is 0. The lowest BCUT2D eigenvalue weighted by Crippen LogP contribution is -2.15. The molecule has 0 saturated carbocycles. The van der Waals surface area contributed by atoms with Crippen molar-refractivity contribution < 1.29 is 19.1 Å². The molecule has 0 bridgehead atoms. The van der Waals surface area contributed by atoms with E-state index in [2.05, 4.69) is 11.7 Å². The zero-order valence-corrected chi connectivity index (χ0v) is 14.3. The highest BCUT2D eigenvalue weighted by atomic mass is 16.5. The van der Waals surface area contributed by atoms with Crippen LogP contribution in [0.5, 0.6) is 0 Å². The number of unbranched alkanes of at least 4 members (excludes halogenated alkanes) is 3.